The monoisotopic (exact) mass is 883 g/mol. The van der Waals surface area contributed by atoms with Crippen LogP contribution in [0.4, 0.5) is 0 Å². The van der Waals surface area contributed by atoms with Crippen LogP contribution in [0, 0.1) is 0 Å². The first-order valence-electron chi connectivity index (χ1n) is 25.2. The van der Waals surface area contributed by atoms with Gasteiger partial charge in [0, 0.05) is 19.3 Å². The van der Waals surface area contributed by atoms with Gasteiger partial charge in [0.15, 0.2) is 6.10 Å². The first-order valence-corrected chi connectivity index (χ1v) is 25.2. The minimum atomic E-state index is -0.817. The Morgan fingerprint density at radius 3 is 1.08 bits per heavy atom. The number of esters is 3. The van der Waals surface area contributed by atoms with Crippen LogP contribution in [0.5, 0.6) is 0 Å². The standard InChI is InChI=1S/C58H90O6/c1-4-7-10-13-16-19-22-25-27-28-29-30-31-34-36-39-42-45-48-51-57(60)63-54-55(53-62-56(59)50-47-44-41-38-35-32-24-21-18-15-12-9-6-3)64-58(61)52-49-46-43-40-37-33-26-23-20-17-14-11-8-5-2/h7-12,15-21,24-27,29-30,32-33,35,55H,4-6,13-14,22-23,28,31,34,36-54H2,1-3H3/b10-7+,11-8+,12-9+,18-15+,19-16+,20-17+,24-21+,27-25+,30-29+,33-26+,35-32+. The summed E-state index contributed by atoms with van der Waals surface area (Å²) in [6.45, 7) is 6.18. The van der Waals surface area contributed by atoms with Crippen LogP contribution in [0.2, 0.25) is 0 Å². The Morgan fingerprint density at radius 1 is 0.328 bits per heavy atom. The van der Waals surface area contributed by atoms with Crippen molar-refractivity contribution in [2.45, 2.75) is 200 Å². The van der Waals surface area contributed by atoms with Gasteiger partial charge in [0.1, 0.15) is 13.2 Å². The second kappa shape index (κ2) is 51.2. The molecule has 0 aromatic carbocycles. The van der Waals surface area contributed by atoms with Crippen molar-refractivity contribution in [3.63, 3.8) is 0 Å². The second-order valence-corrected chi connectivity index (χ2v) is 16.0. The number of ether oxygens (including phenoxy) is 3. The van der Waals surface area contributed by atoms with Crippen molar-refractivity contribution >= 4 is 17.9 Å². The predicted octanol–water partition coefficient (Wildman–Crippen LogP) is 16.7. The minimum absolute atomic E-state index is 0.113. The zero-order valence-electron chi connectivity index (χ0n) is 40.7. The lowest BCUT2D eigenvalue weighted by Crippen LogP contribution is -2.30. The minimum Gasteiger partial charge on any atom is -0.462 e. The SMILES string of the molecule is CC/C=C/C=C/C=C/C=C/CCCCCC(=O)OCC(COC(=O)CCCCCCCC/C=C/C/C=C/C/C=C/C/C=C/CC)OC(=O)CCCCCC/C=C/C/C=C/C/C=C/CC. The topological polar surface area (TPSA) is 78.9 Å². The van der Waals surface area contributed by atoms with Crippen molar-refractivity contribution in [2.75, 3.05) is 13.2 Å². The van der Waals surface area contributed by atoms with E-state index in [9.17, 15) is 14.4 Å². The normalized spacial score (nSPS) is 13.2. The first kappa shape index (κ1) is 59.5. The fraction of sp³-hybridized carbons (Fsp3) is 0.569. The molecule has 0 aromatic rings. The molecule has 0 aliphatic heterocycles. The highest BCUT2D eigenvalue weighted by atomic mass is 16.6. The zero-order valence-corrected chi connectivity index (χ0v) is 40.7. The third-order valence-electron chi connectivity index (χ3n) is 9.98. The Bertz CT molecular complexity index is 1430. The maximum Gasteiger partial charge on any atom is 0.306 e. The number of rotatable bonds is 43. The third kappa shape index (κ3) is 48.6. The predicted molar refractivity (Wildman–Crippen MR) is 274 cm³/mol. The smallest absolute Gasteiger partial charge is 0.306 e. The van der Waals surface area contributed by atoms with Crippen LogP contribution in [0.25, 0.3) is 0 Å². The molecule has 0 fully saturated rings. The Labute approximate surface area is 392 Å². The number of carbonyl (C=O) groups excluding carboxylic acids is 3. The van der Waals surface area contributed by atoms with E-state index in [1.54, 1.807) is 0 Å². The molecule has 0 spiro atoms. The summed E-state index contributed by atoms with van der Waals surface area (Å²) in [5.41, 5.74) is 0. The Kier molecular flexibility index (Phi) is 47.6. The molecule has 6 nitrogen and oxygen atoms in total. The molecule has 0 saturated heterocycles. The average molecular weight is 883 g/mol. The summed E-state index contributed by atoms with van der Waals surface area (Å²) in [6.07, 6.45) is 71.5. The van der Waals surface area contributed by atoms with Crippen LogP contribution in [-0.2, 0) is 28.6 Å². The van der Waals surface area contributed by atoms with Gasteiger partial charge in [0.05, 0.1) is 0 Å². The molecule has 0 rings (SSSR count). The quantitative estimate of drug-likeness (QED) is 0.0200. The maximum absolute atomic E-state index is 12.8. The molecule has 0 aliphatic carbocycles. The van der Waals surface area contributed by atoms with Gasteiger partial charge in [-0.25, -0.2) is 0 Å². The molecule has 0 amide bonds. The van der Waals surface area contributed by atoms with Gasteiger partial charge in [0.2, 0.25) is 0 Å². The molecular weight excluding hydrogens is 793 g/mol. The molecule has 0 saturated carbocycles. The van der Waals surface area contributed by atoms with Gasteiger partial charge < -0.3 is 14.2 Å². The fourth-order valence-corrected chi connectivity index (χ4v) is 6.28. The molecule has 0 bridgehead atoms. The van der Waals surface area contributed by atoms with Crippen molar-refractivity contribution in [3.8, 4) is 0 Å². The summed E-state index contributed by atoms with van der Waals surface area (Å²) in [7, 11) is 0. The lowest BCUT2D eigenvalue weighted by atomic mass is 10.1. The lowest BCUT2D eigenvalue weighted by molar-refractivity contribution is -0.167. The van der Waals surface area contributed by atoms with Crippen LogP contribution >= 0.6 is 0 Å². The largest absolute Gasteiger partial charge is 0.462 e. The summed E-state index contributed by atoms with van der Waals surface area (Å²) in [6, 6.07) is 0. The molecule has 0 aromatic heterocycles. The van der Waals surface area contributed by atoms with Crippen LogP contribution in [0.3, 0.4) is 0 Å². The lowest BCUT2D eigenvalue weighted by Gasteiger charge is -2.18. The number of unbranched alkanes of at least 4 members (excludes halogenated alkanes) is 13. The van der Waals surface area contributed by atoms with Crippen LogP contribution in [-0.4, -0.2) is 37.2 Å². The molecule has 358 valence electrons. The van der Waals surface area contributed by atoms with E-state index in [-0.39, 0.29) is 37.5 Å². The Hall–Kier alpha value is -4.45. The van der Waals surface area contributed by atoms with Crippen molar-refractivity contribution < 1.29 is 28.6 Å². The van der Waals surface area contributed by atoms with Gasteiger partial charge >= 0.3 is 17.9 Å². The summed E-state index contributed by atoms with van der Waals surface area (Å²) in [5, 5.41) is 0. The van der Waals surface area contributed by atoms with Crippen molar-refractivity contribution in [1.82, 2.24) is 0 Å². The molecule has 0 N–H and O–H groups in total. The number of allylic oxidation sites excluding steroid dienone is 22. The van der Waals surface area contributed by atoms with E-state index in [1.807, 2.05) is 36.5 Å². The highest BCUT2D eigenvalue weighted by Gasteiger charge is 2.19. The highest BCUT2D eigenvalue weighted by molar-refractivity contribution is 5.71. The summed E-state index contributed by atoms with van der Waals surface area (Å²) < 4.78 is 16.7. The third-order valence-corrected chi connectivity index (χ3v) is 9.98. The molecule has 64 heavy (non-hydrogen) atoms. The van der Waals surface area contributed by atoms with Crippen molar-refractivity contribution in [1.29, 1.82) is 0 Å². The second-order valence-electron chi connectivity index (χ2n) is 16.0. The van der Waals surface area contributed by atoms with Gasteiger partial charge in [0.25, 0.3) is 0 Å². The van der Waals surface area contributed by atoms with Crippen molar-refractivity contribution in [2.24, 2.45) is 0 Å². The van der Waals surface area contributed by atoms with E-state index in [0.717, 1.165) is 141 Å². The van der Waals surface area contributed by atoms with Gasteiger partial charge in [-0.15, -0.1) is 0 Å². The van der Waals surface area contributed by atoms with E-state index in [0.29, 0.717) is 12.8 Å². The maximum atomic E-state index is 12.8. The number of hydrogen-bond donors (Lipinski definition) is 0. The van der Waals surface area contributed by atoms with E-state index in [4.69, 9.17) is 14.2 Å². The molecule has 0 aliphatic rings. The molecule has 1 unspecified atom stereocenters. The molecular formula is C58H90O6. The van der Waals surface area contributed by atoms with Gasteiger partial charge in [-0.3, -0.25) is 14.4 Å². The summed E-state index contributed by atoms with van der Waals surface area (Å²) in [4.78, 5) is 38.0. The van der Waals surface area contributed by atoms with Crippen LogP contribution < -0.4 is 0 Å². The molecule has 1 atom stereocenters. The van der Waals surface area contributed by atoms with Gasteiger partial charge in [-0.1, -0.05) is 199 Å². The van der Waals surface area contributed by atoms with E-state index in [2.05, 4.69) is 118 Å². The zero-order chi connectivity index (χ0) is 46.5. The Balaban J connectivity index is 4.51. The first-order chi connectivity index (χ1) is 31.5. The number of carbonyl (C=O) groups is 3. The summed E-state index contributed by atoms with van der Waals surface area (Å²) >= 11 is 0. The Morgan fingerprint density at radius 2 is 0.641 bits per heavy atom. The van der Waals surface area contributed by atoms with Gasteiger partial charge in [-0.05, 0) is 109 Å². The fourth-order valence-electron chi connectivity index (χ4n) is 6.28. The summed E-state index contributed by atoms with van der Waals surface area (Å²) in [5.74, 6) is -1.000. The number of hydrogen-bond acceptors (Lipinski definition) is 6. The van der Waals surface area contributed by atoms with Gasteiger partial charge in [-0.2, -0.15) is 0 Å². The molecule has 0 heterocycles. The van der Waals surface area contributed by atoms with E-state index < -0.39 is 6.10 Å². The van der Waals surface area contributed by atoms with Crippen molar-refractivity contribution in [3.05, 3.63) is 134 Å². The van der Waals surface area contributed by atoms with Crippen LogP contribution in [0.1, 0.15) is 194 Å². The highest BCUT2D eigenvalue weighted by Crippen LogP contribution is 2.12. The molecule has 0 radical (unpaired) electrons. The van der Waals surface area contributed by atoms with Crippen LogP contribution in [0.15, 0.2) is 134 Å². The van der Waals surface area contributed by atoms with E-state index >= 15 is 0 Å². The average Bonchev–Trinajstić information content (AvgIpc) is 3.29. The molecule has 6 heteroatoms. The van der Waals surface area contributed by atoms with E-state index in [1.165, 1.54) is 12.8 Å².